The van der Waals surface area contributed by atoms with Crippen molar-refractivity contribution < 1.29 is 19.7 Å². The minimum Gasteiger partial charge on any atom is -0.392 e. The zero-order valence-corrected chi connectivity index (χ0v) is 10.2. The van der Waals surface area contributed by atoms with Crippen molar-refractivity contribution in [3.63, 3.8) is 0 Å². The van der Waals surface area contributed by atoms with Crippen molar-refractivity contribution in [2.24, 2.45) is 0 Å². The Balaban J connectivity index is 1.93. The average Bonchev–Trinajstić information content (AvgIpc) is 3.23. The number of ketones is 1. The van der Waals surface area contributed by atoms with E-state index < -0.39 is 18.3 Å². The molecule has 1 aromatic rings. The van der Waals surface area contributed by atoms with Crippen molar-refractivity contribution in [1.29, 1.82) is 0 Å². The first-order chi connectivity index (χ1) is 9.22. The summed E-state index contributed by atoms with van der Waals surface area (Å²) in [5.74, 6) is -0.161. The predicted octanol–water partition coefficient (Wildman–Crippen LogP) is 0.700. The number of Topliss-reactive ketones (excluding diaryl/α,β-unsaturated/α-hetero) is 1. The summed E-state index contributed by atoms with van der Waals surface area (Å²) in [4.78, 5) is 12.0. The topological polar surface area (TPSA) is 70.1 Å². The molecule has 0 bridgehead atoms. The van der Waals surface area contributed by atoms with Crippen LogP contribution in [0.1, 0.15) is 5.56 Å². The number of hydrogen-bond acceptors (Lipinski definition) is 4. The molecule has 1 aliphatic heterocycles. The van der Waals surface area contributed by atoms with Crippen LogP contribution < -0.4 is 0 Å². The Kier molecular flexibility index (Phi) is 3.06. The number of carbonyl (C=O) groups excluding carboxylic acids is 1. The lowest BCUT2D eigenvalue weighted by atomic mass is 9.88. The zero-order valence-electron chi connectivity index (χ0n) is 10.2. The first-order valence-electron chi connectivity index (χ1n) is 6.17. The third-order valence-electron chi connectivity index (χ3n) is 3.48. The van der Waals surface area contributed by atoms with Gasteiger partial charge in [-0.25, -0.2) is 0 Å². The van der Waals surface area contributed by atoms with Crippen molar-refractivity contribution in [3.05, 3.63) is 53.1 Å². The predicted molar refractivity (Wildman–Crippen MR) is 69.3 cm³/mol. The van der Waals surface area contributed by atoms with E-state index >= 15 is 0 Å². The summed E-state index contributed by atoms with van der Waals surface area (Å²) in [6.07, 6.45) is 1.54. The summed E-state index contributed by atoms with van der Waals surface area (Å²) in [6, 6.07) is 9.54. The number of carbonyl (C=O) groups is 1. The van der Waals surface area contributed by atoms with Gasteiger partial charge in [0.15, 0.2) is 5.78 Å². The van der Waals surface area contributed by atoms with Gasteiger partial charge in [0.05, 0.1) is 6.61 Å². The van der Waals surface area contributed by atoms with Gasteiger partial charge in [-0.05, 0) is 11.1 Å². The number of allylic oxidation sites excluding steroid dienone is 1. The van der Waals surface area contributed by atoms with Gasteiger partial charge >= 0.3 is 0 Å². The van der Waals surface area contributed by atoms with Crippen LogP contribution in [0.15, 0.2) is 47.6 Å². The largest absolute Gasteiger partial charge is 0.392 e. The molecule has 0 aromatic heterocycles. The van der Waals surface area contributed by atoms with Gasteiger partial charge in [0, 0.05) is 5.57 Å². The molecular weight excluding hydrogens is 244 g/mol. The monoisotopic (exact) mass is 258 g/mol. The molecule has 1 saturated heterocycles. The second-order valence-electron chi connectivity index (χ2n) is 4.67. The maximum Gasteiger partial charge on any atom is 0.194 e. The fourth-order valence-corrected chi connectivity index (χ4v) is 2.36. The molecule has 19 heavy (non-hydrogen) atoms. The average molecular weight is 258 g/mol. The van der Waals surface area contributed by atoms with Gasteiger partial charge in [0.2, 0.25) is 0 Å². The van der Waals surface area contributed by atoms with E-state index in [2.05, 4.69) is 0 Å². The summed E-state index contributed by atoms with van der Waals surface area (Å²) in [7, 11) is 0. The summed E-state index contributed by atoms with van der Waals surface area (Å²) >= 11 is 0. The van der Waals surface area contributed by atoms with Crippen molar-refractivity contribution in [2.45, 2.75) is 18.3 Å². The molecule has 4 heteroatoms. The SMILES string of the molecule is O=C1C(/C=C/c2ccccc2)=C(CO)[C@H](O)[C@H]2O[C@@H]12. The van der Waals surface area contributed by atoms with E-state index in [1.807, 2.05) is 30.3 Å². The molecule has 98 valence electrons. The van der Waals surface area contributed by atoms with Crippen LogP contribution in [0, 0.1) is 0 Å². The van der Waals surface area contributed by atoms with Crippen molar-refractivity contribution in [2.75, 3.05) is 6.61 Å². The van der Waals surface area contributed by atoms with Crippen LogP contribution in [0.4, 0.5) is 0 Å². The molecule has 2 N–H and O–H groups in total. The lowest BCUT2D eigenvalue weighted by molar-refractivity contribution is -0.116. The summed E-state index contributed by atoms with van der Waals surface area (Å²) < 4.78 is 5.13. The van der Waals surface area contributed by atoms with Crippen LogP contribution in [0.2, 0.25) is 0 Å². The van der Waals surface area contributed by atoms with Gasteiger partial charge < -0.3 is 14.9 Å². The van der Waals surface area contributed by atoms with Crippen LogP contribution in [0.5, 0.6) is 0 Å². The molecular formula is C15H14O4. The van der Waals surface area contributed by atoms with Crippen LogP contribution in [0.25, 0.3) is 6.08 Å². The number of hydrogen-bond donors (Lipinski definition) is 2. The first kappa shape index (κ1) is 12.3. The highest BCUT2D eigenvalue weighted by Crippen LogP contribution is 2.38. The molecule has 1 fully saturated rings. The third kappa shape index (κ3) is 2.14. The van der Waals surface area contributed by atoms with Crippen LogP contribution >= 0.6 is 0 Å². The summed E-state index contributed by atoms with van der Waals surface area (Å²) in [5.41, 5.74) is 1.65. The second kappa shape index (κ2) is 4.74. The maximum absolute atomic E-state index is 12.0. The maximum atomic E-state index is 12.0. The normalized spacial score (nSPS) is 29.8. The van der Waals surface area contributed by atoms with E-state index in [1.165, 1.54) is 0 Å². The molecule has 3 rings (SSSR count). The molecule has 1 heterocycles. The molecule has 0 radical (unpaired) electrons. The van der Waals surface area contributed by atoms with E-state index in [1.54, 1.807) is 12.2 Å². The highest BCUT2D eigenvalue weighted by Gasteiger charge is 2.55. The number of aliphatic hydroxyl groups excluding tert-OH is 2. The van der Waals surface area contributed by atoms with E-state index in [4.69, 9.17) is 4.74 Å². The molecule has 2 aliphatic rings. The van der Waals surface area contributed by atoms with Crippen molar-refractivity contribution in [3.8, 4) is 0 Å². The molecule has 1 aliphatic carbocycles. The van der Waals surface area contributed by atoms with Gasteiger partial charge in [-0.2, -0.15) is 0 Å². The molecule has 1 aromatic carbocycles. The number of rotatable bonds is 3. The highest BCUT2D eigenvalue weighted by atomic mass is 16.6. The Morgan fingerprint density at radius 1 is 1.21 bits per heavy atom. The highest BCUT2D eigenvalue weighted by molar-refractivity contribution is 6.06. The van der Waals surface area contributed by atoms with E-state index in [0.29, 0.717) is 11.1 Å². The fraction of sp³-hybridized carbons (Fsp3) is 0.267. The number of aliphatic hydroxyl groups is 2. The van der Waals surface area contributed by atoms with Crippen molar-refractivity contribution in [1.82, 2.24) is 0 Å². The number of fused-ring (bicyclic) bond motifs is 1. The number of epoxide rings is 1. The standard InChI is InChI=1S/C15H14O4/c16-8-11-10(7-6-9-4-2-1-3-5-9)12(17)14-15(19-14)13(11)18/h1-7,13-16,18H,8H2/b7-6+/t13-,14-,15+/m0/s1. The summed E-state index contributed by atoms with van der Waals surface area (Å²) in [5, 5.41) is 19.3. The van der Waals surface area contributed by atoms with Crippen LogP contribution in [-0.2, 0) is 9.53 Å². The Bertz CT molecular complexity index is 559. The van der Waals surface area contributed by atoms with Crippen molar-refractivity contribution >= 4 is 11.9 Å². The lowest BCUT2D eigenvalue weighted by Gasteiger charge is -2.18. The summed E-state index contributed by atoms with van der Waals surface area (Å²) in [6.45, 7) is -0.339. The first-order valence-corrected chi connectivity index (χ1v) is 6.17. The van der Waals surface area contributed by atoms with E-state index in [0.717, 1.165) is 5.56 Å². The number of ether oxygens (including phenoxy) is 1. The Labute approximate surface area is 110 Å². The van der Waals surface area contributed by atoms with E-state index in [-0.39, 0.29) is 12.4 Å². The quantitative estimate of drug-likeness (QED) is 0.783. The molecule has 0 saturated carbocycles. The minimum atomic E-state index is -0.886. The second-order valence-corrected chi connectivity index (χ2v) is 4.67. The van der Waals surface area contributed by atoms with Gasteiger partial charge in [0.25, 0.3) is 0 Å². The molecule has 0 amide bonds. The van der Waals surface area contributed by atoms with Gasteiger partial charge in [-0.3, -0.25) is 4.79 Å². The van der Waals surface area contributed by atoms with E-state index in [9.17, 15) is 15.0 Å². The zero-order chi connectivity index (χ0) is 13.4. The minimum absolute atomic E-state index is 0.161. The molecule has 0 unspecified atom stereocenters. The lowest BCUT2D eigenvalue weighted by Crippen LogP contribution is -2.32. The molecule has 0 spiro atoms. The smallest absolute Gasteiger partial charge is 0.194 e. The van der Waals surface area contributed by atoms with Gasteiger partial charge in [-0.15, -0.1) is 0 Å². The Hall–Kier alpha value is -1.75. The van der Waals surface area contributed by atoms with Gasteiger partial charge in [0.1, 0.15) is 18.3 Å². The fourth-order valence-electron chi connectivity index (χ4n) is 2.36. The van der Waals surface area contributed by atoms with Gasteiger partial charge in [-0.1, -0.05) is 42.5 Å². The van der Waals surface area contributed by atoms with Crippen LogP contribution in [-0.4, -0.2) is 40.9 Å². The molecule has 4 nitrogen and oxygen atoms in total. The third-order valence-corrected chi connectivity index (χ3v) is 3.48. The van der Waals surface area contributed by atoms with Crippen LogP contribution in [0.3, 0.4) is 0 Å². The Morgan fingerprint density at radius 2 is 1.95 bits per heavy atom. The number of benzene rings is 1. The Morgan fingerprint density at radius 3 is 2.63 bits per heavy atom. The molecule has 3 atom stereocenters.